The summed E-state index contributed by atoms with van der Waals surface area (Å²) in [5.41, 5.74) is -1.79. The van der Waals surface area contributed by atoms with E-state index in [0.29, 0.717) is 6.61 Å². The molecule has 0 unspecified atom stereocenters. The van der Waals surface area contributed by atoms with Crippen LogP contribution in [0.1, 0.15) is 64.2 Å². The zero-order chi connectivity index (χ0) is 17.8. The second-order valence-electron chi connectivity index (χ2n) is 8.43. The van der Waals surface area contributed by atoms with Gasteiger partial charge in [-0.3, -0.25) is 0 Å². The molecule has 0 aromatic carbocycles. The first-order valence-electron chi connectivity index (χ1n) is 10.0. The van der Waals surface area contributed by atoms with E-state index < -0.39 is 41.8 Å². The fourth-order valence-electron chi connectivity index (χ4n) is 5.30. The molecule has 3 saturated heterocycles. The highest BCUT2D eigenvalue weighted by Crippen LogP contribution is 2.50. The lowest BCUT2D eigenvalue weighted by Gasteiger charge is -2.36. The minimum Gasteiger partial charge on any atom is -0.371 e. The molecular weight excluding hydrogens is 338 g/mol. The Labute approximate surface area is 153 Å². The van der Waals surface area contributed by atoms with Crippen molar-refractivity contribution in [3.63, 3.8) is 0 Å². The molecule has 3 aliphatic heterocycles. The first kappa shape index (κ1) is 17.4. The van der Waals surface area contributed by atoms with E-state index in [9.17, 15) is 10.4 Å². The van der Waals surface area contributed by atoms with Crippen molar-refractivity contribution in [1.82, 2.24) is 0 Å². The van der Waals surface area contributed by atoms with E-state index in [-0.39, 0.29) is 0 Å². The first-order chi connectivity index (χ1) is 12.6. The largest absolute Gasteiger partial charge is 0.371 e. The Bertz CT molecular complexity index is 593. The highest BCUT2D eigenvalue weighted by molar-refractivity contribution is 5.20. The second-order valence-corrected chi connectivity index (χ2v) is 8.43. The van der Waals surface area contributed by atoms with Gasteiger partial charge in [-0.2, -0.15) is 5.26 Å². The average molecular weight is 365 g/mol. The summed E-state index contributed by atoms with van der Waals surface area (Å²) in [4.78, 5) is 0. The van der Waals surface area contributed by atoms with Crippen molar-refractivity contribution < 1.29 is 28.8 Å². The van der Waals surface area contributed by atoms with E-state index >= 15 is 0 Å². The molecule has 0 amide bonds. The summed E-state index contributed by atoms with van der Waals surface area (Å²) in [6.07, 6.45) is 6.95. The molecule has 144 valence electrons. The fraction of sp³-hybridized carbons (Fsp3) is 0.947. The second kappa shape index (κ2) is 6.13. The molecule has 0 aromatic heterocycles. The molecule has 0 aromatic rings. The molecule has 5 fully saturated rings. The lowest BCUT2D eigenvalue weighted by Crippen LogP contribution is -2.53. The Morgan fingerprint density at radius 3 is 2.12 bits per heavy atom. The van der Waals surface area contributed by atoms with Crippen LogP contribution in [0.4, 0.5) is 0 Å². The lowest BCUT2D eigenvalue weighted by atomic mass is 9.90. The van der Waals surface area contributed by atoms with Gasteiger partial charge in [-0.1, -0.05) is 12.8 Å². The van der Waals surface area contributed by atoms with Crippen molar-refractivity contribution in [3.8, 4) is 6.07 Å². The van der Waals surface area contributed by atoms with Gasteiger partial charge in [0.2, 0.25) is 5.60 Å². The summed E-state index contributed by atoms with van der Waals surface area (Å²) < 4.78 is 30.4. The Morgan fingerprint density at radius 1 is 0.808 bits per heavy atom. The van der Waals surface area contributed by atoms with Crippen molar-refractivity contribution >= 4 is 0 Å². The van der Waals surface area contributed by atoms with Gasteiger partial charge in [0, 0.05) is 25.7 Å². The normalized spacial score (nSPS) is 46.5. The van der Waals surface area contributed by atoms with E-state index in [0.717, 1.165) is 57.8 Å². The van der Waals surface area contributed by atoms with E-state index in [1.165, 1.54) is 6.42 Å². The predicted octanol–water partition coefficient (Wildman–Crippen LogP) is 2.12. The first-order valence-corrected chi connectivity index (χ1v) is 10.0. The van der Waals surface area contributed by atoms with Crippen LogP contribution in [0.5, 0.6) is 0 Å². The van der Waals surface area contributed by atoms with Crippen molar-refractivity contribution in [2.24, 2.45) is 0 Å². The van der Waals surface area contributed by atoms with Gasteiger partial charge in [-0.05, 0) is 25.7 Å². The third-order valence-electron chi connectivity index (χ3n) is 6.69. The standard InChI is InChI=1S/C19H27NO6/c20-12-19(21)14(13-11-22-17(24-13)7-3-1-4-8-17)23-16-15(19)25-18(26-16)9-5-2-6-10-18/h13-16,21H,1-11H2/t13-,14-,15+,16+,19-/m1/s1. The van der Waals surface area contributed by atoms with Crippen LogP contribution in [0.15, 0.2) is 0 Å². The summed E-state index contributed by atoms with van der Waals surface area (Å²) in [7, 11) is 0. The number of fused-ring (bicyclic) bond motifs is 1. The van der Waals surface area contributed by atoms with E-state index in [2.05, 4.69) is 0 Å². The van der Waals surface area contributed by atoms with E-state index in [1.807, 2.05) is 6.07 Å². The van der Waals surface area contributed by atoms with Gasteiger partial charge in [-0.25, -0.2) is 0 Å². The third-order valence-corrected chi connectivity index (χ3v) is 6.69. The van der Waals surface area contributed by atoms with Crippen LogP contribution >= 0.6 is 0 Å². The third kappa shape index (κ3) is 2.55. The molecule has 2 spiro atoms. The molecule has 2 aliphatic carbocycles. The van der Waals surface area contributed by atoms with Crippen LogP contribution in [-0.2, 0) is 23.7 Å². The maximum Gasteiger partial charge on any atom is 0.211 e. The molecule has 0 radical (unpaired) electrons. The van der Waals surface area contributed by atoms with E-state index in [4.69, 9.17) is 23.7 Å². The molecule has 5 aliphatic rings. The molecule has 1 N–H and O–H groups in total. The molecular formula is C19H27NO6. The Hall–Kier alpha value is -0.750. The molecule has 5 atom stereocenters. The van der Waals surface area contributed by atoms with E-state index in [1.54, 1.807) is 0 Å². The SMILES string of the molecule is N#C[C@@]1(O)[C@@H]([C@H]2COC3(CCCCC3)O2)O[C@H]2OC3(CCCCC3)O[C@@H]21. The summed E-state index contributed by atoms with van der Waals surface area (Å²) in [6.45, 7) is 0.319. The maximum absolute atomic E-state index is 11.2. The minimum atomic E-state index is -1.79. The van der Waals surface area contributed by atoms with Crippen molar-refractivity contribution in [2.75, 3.05) is 6.61 Å². The van der Waals surface area contributed by atoms with Crippen LogP contribution in [0.3, 0.4) is 0 Å². The Balaban J connectivity index is 1.33. The zero-order valence-corrected chi connectivity index (χ0v) is 15.0. The molecule has 2 saturated carbocycles. The molecule has 7 heteroatoms. The number of hydrogen-bond acceptors (Lipinski definition) is 7. The summed E-state index contributed by atoms with van der Waals surface area (Å²) in [5.74, 6) is -1.28. The number of hydrogen-bond donors (Lipinski definition) is 1. The van der Waals surface area contributed by atoms with Crippen LogP contribution in [0.25, 0.3) is 0 Å². The molecule has 0 bridgehead atoms. The van der Waals surface area contributed by atoms with Gasteiger partial charge in [0.05, 0.1) is 6.61 Å². The smallest absolute Gasteiger partial charge is 0.211 e. The quantitative estimate of drug-likeness (QED) is 0.712. The molecule has 3 heterocycles. The number of ether oxygens (including phenoxy) is 5. The Morgan fingerprint density at radius 2 is 1.46 bits per heavy atom. The van der Waals surface area contributed by atoms with Crippen molar-refractivity contribution in [3.05, 3.63) is 0 Å². The average Bonchev–Trinajstić information content (AvgIpc) is 3.29. The molecule has 26 heavy (non-hydrogen) atoms. The van der Waals surface area contributed by atoms with Gasteiger partial charge in [-0.15, -0.1) is 0 Å². The molecule has 7 nitrogen and oxygen atoms in total. The summed E-state index contributed by atoms with van der Waals surface area (Å²) >= 11 is 0. The maximum atomic E-state index is 11.2. The number of nitrogens with zero attached hydrogens (tertiary/aromatic N) is 1. The number of aliphatic hydroxyl groups is 1. The lowest BCUT2D eigenvalue weighted by molar-refractivity contribution is -0.266. The highest BCUT2D eigenvalue weighted by Gasteiger charge is 2.68. The van der Waals surface area contributed by atoms with Gasteiger partial charge in [0.25, 0.3) is 0 Å². The van der Waals surface area contributed by atoms with Crippen molar-refractivity contribution in [2.45, 2.75) is 106 Å². The zero-order valence-electron chi connectivity index (χ0n) is 15.0. The van der Waals surface area contributed by atoms with Gasteiger partial charge >= 0.3 is 0 Å². The predicted molar refractivity (Wildman–Crippen MR) is 87.6 cm³/mol. The fourth-order valence-corrected chi connectivity index (χ4v) is 5.30. The number of nitriles is 1. The highest BCUT2D eigenvalue weighted by atomic mass is 16.8. The number of rotatable bonds is 1. The van der Waals surface area contributed by atoms with Gasteiger partial charge in [0.15, 0.2) is 24.0 Å². The molecule has 5 rings (SSSR count). The van der Waals surface area contributed by atoms with Crippen molar-refractivity contribution in [1.29, 1.82) is 5.26 Å². The van der Waals surface area contributed by atoms with Crippen LogP contribution in [0, 0.1) is 11.3 Å². The van der Waals surface area contributed by atoms with Gasteiger partial charge in [0.1, 0.15) is 18.3 Å². The van der Waals surface area contributed by atoms with Crippen LogP contribution in [0.2, 0.25) is 0 Å². The summed E-state index contributed by atoms with van der Waals surface area (Å²) in [5, 5.41) is 20.9. The monoisotopic (exact) mass is 365 g/mol. The topological polar surface area (TPSA) is 90.2 Å². The van der Waals surface area contributed by atoms with Crippen LogP contribution in [-0.4, -0.2) is 53.5 Å². The van der Waals surface area contributed by atoms with Crippen LogP contribution < -0.4 is 0 Å². The van der Waals surface area contributed by atoms with Gasteiger partial charge < -0.3 is 28.8 Å². The Kier molecular flexibility index (Phi) is 4.09. The minimum absolute atomic E-state index is 0.319. The summed E-state index contributed by atoms with van der Waals surface area (Å²) in [6, 6.07) is 2.04.